The Kier molecular flexibility index (Phi) is 5.02. The van der Waals surface area contributed by atoms with Crippen LogP contribution in [0.1, 0.15) is 69.2 Å². The number of fused-ring (bicyclic) bond motifs is 1. The van der Waals surface area contributed by atoms with E-state index in [2.05, 4.69) is 18.3 Å². The highest BCUT2D eigenvalue weighted by molar-refractivity contribution is 5.69. The number of ether oxygens (including phenoxy) is 2. The molecular weight excluding hydrogens is 354 g/mol. The van der Waals surface area contributed by atoms with E-state index in [-0.39, 0.29) is 11.6 Å². The number of pyridine rings is 1. The van der Waals surface area contributed by atoms with Gasteiger partial charge in [0.2, 0.25) is 0 Å². The zero-order chi connectivity index (χ0) is 19.9. The fourth-order valence-corrected chi connectivity index (χ4v) is 4.73. The average molecular weight is 388 g/mol. The summed E-state index contributed by atoms with van der Waals surface area (Å²) in [6.45, 7) is 11.0. The lowest BCUT2D eigenvalue weighted by molar-refractivity contribution is 0.0285. The molecule has 154 valence electrons. The molecule has 2 saturated heterocycles. The summed E-state index contributed by atoms with van der Waals surface area (Å²) in [7, 11) is 0. The van der Waals surface area contributed by atoms with Crippen molar-refractivity contribution in [2.24, 2.45) is 0 Å². The first-order valence-corrected chi connectivity index (χ1v) is 10.6. The third kappa shape index (κ3) is 3.97. The number of carbonyl (C=O) groups is 1. The Morgan fingerprint density at radius 3 is 2.79 bits per heavy atom. The molecule has 4 rings (SSSR count). The van der Waals surface area contributed by atoms with Crippen LogP contribution in [0.15, 0.2) is 6.07 Å². The second-order valence-electron chi connectivity index (χ2n) is 9.61. The molecule has 4 heterocycles. The Balaban J connectivity index is 1.48. The number of aryl methyl sites for hydroxylation is 2. The molecule has 2 fully saturated rings. The van der Waals surface area contributed by atoms with E-state index >= 15 is 0 Å². The molecule has 1 atom stereocenters. The highest BCUT2D eigenvalue weighted by Crippen LogP contribution is 2.39. The molecule has 0 bridgehead atoms. The Morgan fingerprint density at radius 1 is 1.32 bits per heavy atom. The molecule has 1 aromatic heterocycles. The molecule has 1 aromatic rings. The topological polar surface area (TPSA) is 63.7 Å². The molecule has 28 heavy (non-hydrogen) atoms. The number of nitrogens with zero attached hydrogens (tertiary/aromatic N) is 2. The maximum Gasteiger partial charge on any atom is 0.410 e. The molecule has 1 spiro atoms. The number of amides is 1. The van der Waals surface area contributed by atoms with Crippen molar-refractivity contribution in [2.45, 2.75) is 76.9 Å². The summed E-state index contributed by atoms with van der Waals surface area (Å²) in [5.74, 6) is 1.57. The first-order chi connectivity index (χ1) is 13.2. The third-order valence-electron chi connectivity index (χ3n) is 6.25. The SMILES string of the molecule is Cc1nc2c(cc1C1CCOCC1)CC[C@@]1(CCN(C(=O)OC(C)(C)C)C1)N2. The monoisotopic (exact) mass is 387 g/mol. The fraction of sp³-hybridized carbons (Fsp3) is 0.727. The van der Waals surface area contributed by atoms with Crippen molar-refractivity contribution in [1.29, 1.82) is 0 Å². The molecule has 6 heteroatoms. The van der Waals surface area contributed by atoms with Crippen LogP contribution in [0.2, 0.25) is 0 Å². The number of hydrogen-bond donors (Lipinski definition) is 1. The summed E-state index contributed by atoms with van der Waals surface area (Å²) in [5, 5.41) is 3.71. The summed E-state index contributed by atoms with van der Waals surface area (Å²) in [4.78, 5) is 19.2. The minimum absolute atomic E-state index is 0.0798. The predicted octanol–water partition coefficient (Wildman–Crippen LogP) is 4.02. The lowest BCUT2D eigenvalue weighted by atomic mass is 9.84. The predicted molar refractivity (Wildman–Crippen MR) is 109 cm³/mol. The maximum absolute atomic E-state index is 12.5. The van der Waals surface area contributed by atoms with Crippen LogP contribution in [0, 0.1) is 6.92 Å². The van der Waals surface area contributed by atoms with Crippen LogP contribution in [-0.4, -0.2) is 53.4 Å². The summed E-state index contributed by atoms with van der Waals surface area (Å²) < 4.78 is 11.1. The number of carbonyl (C=O) groups excluding carboxylic acids is 1. The van der Waals surface area contributed by atoms with Crippen LogP contribution in [0.5, 0.6) is 0 Å². The summed E-state index contributed by atoms with van der Waals surface area (Å²) in [5.41, 5.74) is 3.29. The molecule has 0 unspecified atom stereocenters. The van der Waals surface area contributed by atoms with Gasteiger partial charge in [-0.25, -0.2) is 9.78 Å². The van der Waals surface area contributed by atoms with Crippen molar-refractivity contribution in [2.75, 3.05) is 31.6 Å². The molecule has 0 aliphatic carbocycles. The van der Waals surface area contributed by atoms with E-state index in [0.29, 0.717) is 12.5 Å². The van der Waals surface area contributed by atoms with E-state index in [4.69, 9.17) is 14.5 Å². The smallest absolute Gasteiger partial charge is 0.410 e. The van der Waals surface area contributed by atoms with Crippen LogP contribution in [-0.2, 0) is 15.9 Å². The van der Waals surface area contributed by atoms with Gasteiger partial charge in [-0.3, -0.25) is 0 Å². The number of hydrogen-bond acceptors (Lipinski definition) is 5. The van der Waals surface area contributed by atoms with E-state index in [1.807, 2.05) is 25.7 Å². The van der Waals surface area contributed by atoms with Crippen LogP contribution >= 0.6 is 0 Å². The lowest BCUT2D eigenvalue weighted by Crippen LogP contribution is -2.46. The molecule has 0 radical (unpaired) electrons. The van der Waals surface area contributed by atoms with Crippen LogP contribution in [0.25, 0.3) is 0 Å². The minimum atomic E-state index is -0.460. The van der Waals surface area contributed by atoms with Gasteiger partial charge in [-0.2, -0.15) is 0 Å². The van der Waals surface area contributed by atoms with Crippen molar-refractivity contribution >= 4 is 11.9 Å². The Bertz CT molecular complexity index is 752. The van der Waals surface area contributed by atoms with Gasteiger partial charge in [-0.05, 0) is 76.8 Å². The zero-order valence-corrected chi connectivity index (χ0v) is 17.6. The molecule has 1 amide bonds. The summed E-state index contributed by atoms with van der Waals surface area (Å²) >= 11 is 0. The van der Waals surface area contributed by atoms with Crippen molar-refractivity contribution in [3.63, 3.8) is 0 Å². The van der Waals surface area contributed by atoms with Crippen molar-refractivity contribution < 1.29 is 14.3 Å². The second-order valence-corrected chi connectivity index (χ2v) is 9.61. The Labute approximate surface area is 168 Å². The van der Waals surface area contributed by atoms with Crippen LogP contribution in [0.3, 0.4) is 0 Å². The van der Waals surface area contributed by atoms with E-state index in [1.54, 1.807) is 0 Å². The van der Waals surface area contributed by atoms with Gasteiger partial charge in [-0.1, -0.05) is 6.07 Å². The largest absolute Gasteiger partial charge is 0.444 e. The van der Waals surface area contributed by atoms with Gasteiger partial charge in [0.05, 0.1) is 5.54 Å². The molecule has 0 aromatic carbocycles. The number of rotatable bonds is 1. The van der Waals surface area contributed by atoms with Crippen molar-refractivity contribution in [3.8, 4) is 0 Å². The zero-order valence-electron chi connectivity index (χ0n) is 17.6. The standard InChI is InChI=1S/C22H33N3O3/c1-15-18(16-6-11-27-12-7-16)13-17-5-8-22(24-19(17)23-15)9-10-25(14-22)20(26)28-21(2,3)4/h13,16H,5-12,14H2,1-4H3,(H,23,24)/t22-/m0/s1. The van der Waals surface area contributed by atoms with Crippen LogP contribution < -0.4 is 5.32 Å². The van der Waals surface area contributed by atoms with Gasteiger partial charge in [0.1, 0.15) is 11.4 Å². The molecular formula is C22H33N3O3. The molecule has 0 saturated carbocycles. The van der Waals surface area contributed by atoms with E-state index < -0.39 is 5.60 Å². The van der Waals surface area contributed by atoms with Gasteiger partial charge < -0.3 is 19.7 Å². The Hall–Kier alpha value is -1.82. The number of likely N-dealkylation sites (tertiary alicyclic amines) is 1. The van der Waals surface area contributed by atoms with Gasteiger partial charge in [0.25, 0.3) is 0 Å². The highest BCUT2D eigenvalue weighted by atomic mass is 16.6. The third-order valence-corrected chi connectivity index (χ3v) is 6.25. The normalized spacial score (nSPS) is 25.5. The van der Waals surface area contributed by atoms with Gasteiger partial charge >= 0.3 is 6.09 Å². The van der Waals surface area contributed by atoms with E-state index in [9.17, 15) is 4.79 Å². The summed E-state index contributed by atoms with van der Waals surface area (Å²) in [6, 6.07) is 2.37. The second kappa shape index (κ2) is 7.21. The lowest BCUT2D eigenvalue weighted by Gasteiger charge is -2.37. The fourth-order valence-electron chi connectivity index (χ4n) is 4.73. The van der Waals surface area contributed by atoms with Crippen molar-refractivity contribution in [1.82, 2.24) is 9.88 Å². The maximum atomic E-state index is 12.5. The van der Waals surface area contributed by atoms with E-state index in [0.717, 1.165) is 63.4 Å². The molecule has 3 aliphatic heterocycles. The first kappa shape index (κ1) is 19.5. The number of anilines is 1. The van der Waals surface area contributed by atoms with E-state index in [1.165, 1.54) is 11.1 Å². The number of nitrogens with one attached hydrogen (secondary N) is 1. The average Bonchev–Trinajstić information content (AvgIpc) is 3.04. The van der Waals surface area contributed by atoms with Gasteiger partial charge in [0.15, 0.2) is 0 Å². The quantitative estimate of drug-likeness (QED) is 0.788. The first-order valence-electron chi connectivity index (χ1n) is 10.6. The van der Waals surface area contributed by atoms with Crippen molar-refractivity contribution in [3.05, 3.63) is 22.9 Å². The number of aromatic nitrogens is 1. The van der Waals surface area contributed by atoms with Gasteiger partial charge in [0, 0.05) is 32.0 Å². The minimum Gasteiger partial charge on any atom is -0.444 e. The highest BCUT2D eigenvalue weighted by Gasteiger charge is 2.43. The molecule has 3 aliphatic rings. The molecule has 1 N–H and O–H groups in total. The molecule has 6 nitrogen and oxygen atoms in total. The Morgan fingerprint density at radius 2 is 2.07 bits per heavy atom. The van der Waals surface area contributed by atoms with Crippen LogP contribution in [0.4, 0.5) is 10.6 Å². The summed E-state index contributed by atoms with van der Waals surface area (Å²) in [6.07, 6.45) is 4.93. The van der Waals surface area contributed by atoms with Gasteiger partial charge in [-0.15, -0.1) is 0 Å².